The van der Waals surface area contributed by atoms with Crippen LogP contribution < -0.4 is 20.1 Å². The van der Waals surface area contributed by atoms with E-state index in [1.54, 1.807) is 0 Å². The summed E-state index contributed by atoms with van der Waals surface area (Å²) in [6.07, 6.45) is 1.59. The molecule has 0 bridgehead atoms. The third kappa shape index (κ3) is 6.85. The number of hydrogen-bond acceptors (Lipinski definition) is 4. The van der Waals surface area contributed by atoms with Crippen molar-refractivity contribution in [2.45, 2.75) is 39.4 Å². The number of ether oxygens (including phenoxy) is 2. The van der Waals surface area contributed by atoms with E-state index >= 15 is 0 Å². The van der Waals surface area contributed by atoms with Gasteiger partial charge in [-0.15, -0.1) is 0 Å². The van der Waals surface area contributed by atoms with Gasteiger partial charge >= 0.3 is 0 Å². The standard InChI is InChI=1S/C29H32N2O4/c1-21-12-13-24(16-17-30-29(33)25-14-15-26(32)31-18-25)28(35-20-23-10-6-3-7-11-23)27(21)34-19-22-8-4-2-5-9-22/h2-13,25H,14-20H2,1H3,(H,30,33)(H,31,32). The van der Waals surface area contributed by atoms with Crippen molar-refractivity contribution in [2.24, 2.45) is 5.92 Å². The average molecular weight is 473 g/mol. The van der Waals surface area contributed by atoms with E-state index in [1.165, 1.54) is 0 Å². The first-order valence-corrected chi connectivity index (χ1v) is 12.1. The molecule has 6 heteroatoms. The minimum atomic E-state index is -0.177. The Morgan fingerprint density at radius 1 is 0.914 bits per heavy atom. The minimum absolute atomic E-state index is 0.0111. The third-order valence-electron chi connectivity index (χ3n) is 6.17. The number of carbonyl (C=O) groups excluding carboxylic acids is 2. The zero-order chi connectivity index (χ0) is 24.5. The summed E-state index contributed by atoms with van der Waals surface area (Å²) >= 11 is 0. The summed E-state index contributed by atoms with van der Waals surface area (Å²) in [6, 6.07) is 24.1. The first-order chi connectivity index (χ1) is 17.1. The van der Waals surface area contributed by atoms with Gasteiger partial charge in [0.15, 0.2) is 11.5 Å². The molecule has 4 rings (SSSR count). The van der Waals surface area contributed by atoms with E-state index in [4.69, 9.17) is 9.47 Å². The maximum Gasteiger partial charge on any atom is 0.224 e. The Morgan fingerprint density at radius 3 is 2.14 bits per heavy atom. The Hall–Kier alpha value is -3.80. The first kappa shape index (κ1) is 24.3. The van der Waals surface area contributed by atoms with Crippen LogP contribution in [0.15, 0.2) is 72.8 Å². The van der Waals surface area contributed by atoms with Crippen molar-refractivity contribution in [1.29, 1.82) is 0 Å². The molecule has 1 heterocycles. The van der Waals surface area contributed by atoms with Crippen LogP contribution >= 0.6 is 0 Å². The smallest absolute Gasteiger partial charge is 0.224 e. The predicted octanol–water partition coefficient (Wildman–Crippen LogP) is 4.34. The topological polar surface area (TPSA) is 76.7 Å². The molecular weight excluding hydrogens is 440 g/mol. The van der Waals surface area contributed by atoms with E-state index in [9.17, 15) is 9.59 Å². The molecule has 0 aliphatic carbocycles. The van der Waals surface area contributed by atoms with Crippen molar-refractivity contribution >= 4 is 11.8 Å². The van der Waals surface area contributed by atoms with Crippen LogP contribution in [0.5, 0.6) is 11.5 Å². The summed E-state index contributed by atoms with van der Waals surface area (Å²) in [5.41, 5.74) is 4.13. The van der Waals surface area contributed by atoms with Crippen molar-refractivity contribution in [3.05, 3.63) is 95.1 Å². The molecular formula is C29H32N2O4. The molecule has 0 radical (unpaired) electrons. The zero-order valence-electron chi connectivity index (χ0n) is 20.1. The lowest BCUT2D eigenvalue weighted by atomic mass is 9.98. The van der Waals surface area contributed by atoms with Gasteiger partial charge in [-0.1, -0.05) is 72.8 Å². The van der Waals surface area contributed by atoms with Gasteiger partial charge in [0, 0.05) is 19.5 Å². The molecule has 35 heavy (non-hydrogen) atoms. The van der Waals surface area contributed by atoms with Crippen molar-refractivity contribution in [3.63, 3.8) is 0 Å². The molecule has 1 saturated heterocycles. The highest BCUT2D eigenvalue weighted by molar-refractivity contribution is 5.83. The highest BCUT2D eigenvalue weighted by atomic mass is 16.5. The lowest BCUT2D eigenvalue weighted by molar-refractivity contribution is -0.128. The Balaban J connectivity index is 1.47. The van der Waals surface area contributed by atoms with Crippen LogP contribution in [0.25, 0.3) is 0 Å². The van der Waals surface area contributed by atoms with Crippen molar-refractivity contribution in [3.8, 4) is 11.5 Å². The zero-order valence-corrected chi connectivity index (χ0v) is 20.1. The van der Waals surface area contributed by atoms with Gasteiger partial charge in [-0.25, -0.2) is 0 Å². The van der Waals surface area contributed by atoms with Gasteiger partial charge < -0.3 is 20.1 Å². The van der Waals surface area contributed by atoms with Gasteiger partial charge in [0.25, 0.3) is 0 Å². The van der Waals surface area contributed by atoms with Crippen LogP contribution in [0.4, 0.5) is 0 Å². The number of nitrogens with one attached hydrogen (secondary N) is 2. The highest BCUT2D eigenvalue weighted by Gasteiger charge is 2.24. The van der Waals surface area contributed by atoms with Gasteiger partial charge in [0.1, 0.15) is 13.2 Å². The number of hydrogen-bond donors (Lipinski definition) is 2. The predicted molar refractivity (Wildman–Crippen MR) is 135 cm³/mol. The Kier molecular flexibility index (Phi) is 8.39. The van der Waals surface area contributed by atoms with E-state index in [1.807, 2.05) is 79.7 Å². The SMILES string of the molecule is Cc1ccc(CCNC(=O)C2CCC(=O)NC2)c(OCc2ccccc2)c1OCc1ccccc1. The normalized spacial score (nSPS) is 15.2. The van der Waals surface area contributed by atoms with E-state index in [0.717, 1.165) is 28.0 Å². The summed E-state index contributed by atoms with van der Waals surface area (Å²) in [5, 5.41) is 5.79. The fraction of sp³-hybridized carbons (Fsp3) is 0.310. The Morgan fingerprint density at radius 2 is 1.54 bits per heavy atom. The molecule has 2 amide bonds. The van der Waals surface area contributed by atoms with Crippen LogP contribution in [-0.4, -0.2) is 24.9 Å². The number of piperidine rings is 1. The van der Waals surface area contributed by atoms with Crippen LogP contribution in [0.2, 0.25) is 0 Å². The number of aryl methyl sites for hydroxylation is 1. The molecule has 2 N–H and O–H groups in total. The van der Waals surface area contributed by atoms with Crippen LogP contribution in [0.3, 0.4) is 0 Å². The summed E-state index contributed by atoms with van der Waals surface area (Å²) in [4.78, 5) is 23.9. The van der Waals surface area contributed by atoms with Crippen molar-refractivity contribution < 1.29 is 19.1 Å². The lowest BCUT2D eigenvalue weighted by Gasteiger charge is -2.22. The molecule has 0 saturated carbocycles. The number of carbonyl (C=O) groups is 2. The molecule has 0 spiro atoms. The Bertz CT molecular complexity index is 1120. The first-order valence-electron chi connectivity index (χ1n) is 12.1. The van der Waals surface area contributed by atoms with Crippen LogP contribution in [0.1, 0.15) is 35.1 Å². The molecule has 6 nitrogen and oxygen atoms in total. The highest BCUT2D eigenvalue weighted by Crippen LogP contribution is 2.36. The molecule has 182 valence electrons. The van der Waals surface area contributed by atoms with Gasteiger partial charge in [-0.3, -0.25) is 9.59 Å². The molecule has 1 fully saturated rings. The summed E-state index contributed by atoms with van der Waals surface area (Å²) in [7, 11) is 0. The van der Waals surface area contributed by atoms with E-state index < -0.39 is 0 Å². The largest absolute Gasteiger partial charge is 0.485 e. The fourth-order valence-electron chi connectivity index (χ4n) is 4.12. The van der Waals surface area contributed by atoms with E-state index in [2.05, 4.69) is 10.6 Å². The number of amides is 2. The summed E-state index contributed by atoms with van der Waals surface area (Å²) < 4.78 is 12.6. The van der Waals surface area contributed by atoms with Gasteiger partial charge in [-0.2, -0.15) is 0 Å². The van der Waals surface area contributed by atoms with E-state index in [-0.39, 0.29) is 17.7 Å². The lowest BCUT2D eigenvalue weighted by Crippen LogP contribution is -2.43. The maximum atomic E-state index is 12.6. The second kappa shape index (κ2) is 12.1. The molecule has 3 aromatic rings. The van der Waals surface area contributed by atoms with Crippen LogP contribution in [0, 0.1) is 12.8 Å². The molecule has 0 aromatic heterocycles. The number of rotatable bonds is 10. The molecule has 1 aliphatic heterocycles. The third-order valence-corrected chi connectivity index (χ3v) is 6.17. The molecule has 1 aliphatic rings. The summed E-state index contributed by atoms with van der Waals surface area (Å²) in [5.74, 6) is 1.25. The Labute approximate surface area is 206 Å². The van der Waals surface area contributed by atoms with Gasteiger partial charge in [-0.05, 0) is 42.0 Å². The van der Waals surface area contributed by atoms with Gasteiger partial charge in [0.2, 0.25) is 11.8 Å². The number of benzene rings is 3. The minimum Gasteiger partial charge on any atom is -0.485 e. The van der Waals surface area contributed by atoms with E-state index in [0.29, 0.717) is 51.3 Å². The maximum absolute atomic E-state index is 12.6. The summed E-state index contributed by atoms with van der Waals surface area (Å²) in [6.45, 7) is 3.76. The van der Waals surface area contributed by atoms with Crippen LogP contribution in [-0.2, 0) is 29.2 Å². The monoisotopic (exact) mass is 472 g/mol. The molecule has 3 aromatic carbocycles. The van der Waals surface area contributed by atoms with Crippen molar-refractivity contribution in [1.82, 2.24) is 10.6 Å². The van der Waals surface area contributed by atoms with Crippen molar-refractivity contribution in [2.75, 3.05) is 13.1 Å². The quantitative estimate of drug-likeness (QED) is 0.460. The average Bonchev–Trinajstić information content (AvgIpc) is 2.89. The molecule has 1 atom stereocenters. The molecule has 1 unspecified atom stereocenters. The second-order valence-corrected chi connectivity index (χ2v) is 8.83. The second-order valence-electron chi connectivity index (χ2n) is 8.83. The fourth-order valence-corrected chi connectivity index (χ4v) is 4.12. The van der Waals surface area contributed by atoms with Gasteiger partial charge in [0.05, 0.1) is 5.92 Å².